The fourth-order valence-electron chi connectivity index (χ4n) is 5.21. The second-order valence-corrected chi connectivity index (χ2v) is 9.34. The van der Waals surface area contributed by atoms with E-state index in [-0.39, 0.29) is 30.2 Å². The van der Waals surface area contributed by atoms with Gasteiger partial charge in [0.1, 0.15) is 0 Å². The van der Waals surface area contributed by atoms with Gasteiger partial charge in [-0.2, -0.15) is 0 Å². The molecule has 1 amide bonds. The first kappa shape index (κ1) is 20.0. The van der Waals surface area contributed by atoms with Crippen molar-refractivity contribution in [1.29, 1.82) is 0 Å². The summed E-state index contributed by atoms with van der Waals surface area (Å²) in [6.07, 6.45) is 1.52. The molecular formula is C26H22BrNO3. The van der Waals surface area contributed by atoms with E-state index in [4.69, 9.17) is 5.11 Å². The van der Waals surface area contributed by atoms with Crippen molar-refractivity contribution in [3.8, 4) is 11.1 Å². The highest BCUT2D eigenvalue weighted by Crippen LogP contribution is 2.44. The average molecular weight is 476 g/mol. The number of carboxylic acid groups (broad SMARTS) is 1. The van der Waals surface area contributed by atoms with Gasteiger partial charge in [0, 0.05) is 16.4 Å². The van der Waals surface area contributed by atoms with Gasteiger partial charge in [-0.3, -0.25) is 9.59 Å². The molecule has 1 saturated heterocycles. The van der Waals surface area contributed by atoms with Crippen LogP contribution in [0.4, 0.5) is 0 Å². The minimum atomic E-state index is -0.846. The lowest BCUT2D eigenvalue weighted by molar-refractivity contribution is -0.136. The summed E-state index contributed by atoms with van der Waals surface area (Å²) >= 11 is 3.58. The summed E-state index contributed by atoms with van der Waals surface area (Å²) in [5, 5.41) is 12.4. The number of carbonyl (C=O) groups excluding carboxylic acids is 1. The van der Waals surface area contributed by atoms with Crippen molar-refractivity contribution in [2.24, 2.45) is 5.92 Å². The van der Waals surface area contributed by atoms with Gasteiger partial charge in [-0.15, -0.1) is 0 Å². The number of fused-ring (bicyclic) bond motifs is 3. The van der Waals surface area contributed by atoms with Gasteiger partial charge in [0.15, 0.2) is 0 Å². The molecule has 3 aromatic rings. The Morgan fingerprint density at radius 1 is 1.06 bits per heavy atom. The maximum absolute atomic E-state index is 12.9. The van der Waals surface area contributed by atoms with Crippen LogP contribution in [0.1, 0.15) is 28.2 Å². The topological polar surface area (TPSA) is 66.4 Å². The first-order valence-electron chi connectivity index (χ1n) is 10.5. The van der Waals surface area contributed by atoms with E-state index in [0.717, 1.165) is 33.1 Å². The third-order valence-corrected chi connectivity index (χ3v) is 6.98. The standard InChI is InChI=1S/C26H22BrNO3/c27-19-8-9-20(16-6-3-4-15(10-16)11-24(29)30)18(12-19)13-22-25-21-7-2-1-5-17(21)14-23(25)28-26(22)31/h1-10,12,22-23,25H,11,13-14H2,(H,28,31)(H,29,30). The average Bonchev–Trinajstić information content (AvgIpc) is 3.23. The molecule has 0 saturated carbocycles. The number of carbonyl (C=O) groups is 2. The molecule has 0 aromatic heterocycles. The van der Waals surface area contributed by atoms with Gasteiger partial charge in [-0.05, 0) is 58.4 Å². The summed E-state index contributed by atoms with van der Waals surface area (Å²) in [4.78, 5) is 24.1. The van der Waals surface area contributed by atoms with E-state index >= 15 is 0 Å². The molecule has 3 unspecified atom stereocenters. The molecule has 156 valence electrons. The van der Waals surface area contributed by atoms with Gasteiger partial charge < -0.3 is 10.4 Å². The molecule has 5 heteroatoms. The predicted molar refractivity (Wildman–Crippen MR) is 123 cm³/mol. The zero-order valence-corrected chi connectivity index (χ0v) is 18.4. The zero-order valence-electron chi connectivity index (χ0n) is 16.8. The molecule has 0 spiro atoms. The summed E-state index contributed by atoms with van der Waals surface area (Å²) in [7, 11) is 0. The van der Waals surface area contributed by atoms with Gasteiger partial charge in [0.05, 0.1) is 12.3 Å². The molecular weight excluding hydrogens is 454 g/mol. The van der Waals surface area contributed by atoms with Crippen molar-refractivity contribution in [2.45, 2.75) is 31.2 Å². The van der Waals surface area contributed by atoms with E-state index in [0.29, 0.717) is 6.42 Å². The van der Waals surface area contributed by atoms with E-state index in [1.807, 2.05) is 36.4 Å². The van der Waals surface area contributed by atoms with Crippen LogP contribution in [0.5, 0.6) is 0 Å². The number of carboxylic acids is 1. The fourth-order valence-corrected chi connectivity index (χ4v) is 5.62. The van der Waals surface area contributed by atoms with E-state index in [1.54, 1.807) is 0 Å². The second kappa shape index (κ2) is 7.97. The van der Waals surface area contributed by atoms with Gasteiger partial charge >= 0.3 is 5.97 Å². The highest BCUT2D eigenvalue weighted by atomic mass is 79.9. The molecule has 0 bridgehead atoms. The molecule has 31 heavy (non-hydrogen) atoms. The SMILES string of the molecule is O=C(O)Cc1cccc(-c2ccc(Br)cc2CC2C(=O)NC3Cc4ccccc4C32)c1. The number of amides is 1. The van der Waals surface area contributed by atoms with Crippen LogP contribution in [-0.2, 0) is 28.9 Å². The van der Waals surface area contributed by atoms with Crippen LogP contribution in [0.25, 0.3) is 11.1 Å². The lowest BCUT2D eigenvalue weighted by atomic mass is 9.82. The van der Waals surface area contributed by atoms with Crippen molar-refractivity contribution in [1.82, 2.24) is 5.32 Å². The van der Waals surface area contributed by atoms with Crippen LogP contribution < -0.4 is 5.32 Å². The highest BCUT2D eigenvalue weighted by molar-refractivity contribution is 9.10. The lowest BCUT2D eigenvalue weighted by Crippen LogP contribution is -2.27. The van der Waals surface area contributed by atoms with Crippen LogP contribution in [0.15, 0.2) is 71.2 Å². The van der Waals surface area contributed by atoms with E-state index < -0.39 is 5.97 Å². The van der Waals surface area contributed by atoms with Gasteiger partial charge in [-0.1, -0.05) is 70.5 Å². The predicted octanol–water partition coefficient (Wildman–Crippen LogP) is 4.74. The van der Waals surface area contributed by atoms with Gasteiger partial charge in [-0.25, -0.2) is 0 Å². The number of nitrogens with one attached hydrogen (secondary N) is 1. The largest absolute Gasteiger partial charge is 0.481 e. The van der Waals surface area contributed by atoms with Crippen LogP contribution >= 0.6 is 15.9 Å². The lowest BCUT2D eigenvalue weighted by Gasteiger charge is -2.19. The number of benzene rings is 3. The Morgan fingerprint density at radius 2 is 1.90 bits per heavy atom. The summed E-state index contributed by atoms with van der Waals surface area (Å²) in [6, 6.07) is 22.4. The molecule has 1 fully saturated rings. The minimum Gasteiger partial charge on any atom is -0.481 e. The number of hydrogen-bond acceptors (Lipinski definition) is 2. The molecule has 1 aliphatic heterocycles. The summed E-state index contributed by atoms with van der Waals surface area (Å²) < 4.78 is 0.967. The number of rotatable bonds is 5. The third kappa shape index (κ3) is 3.79. The summed E-state index contributed by atoms with van der Waals surface area (Å²) in [5.74, 6) is -0.658. The van der Waals surface area contributed by atoms with Crippen molar-refractivity contribution < 1.29 is 14.7 Å². The second-order valence-electron chi connectivity index (χ2n) is 8.43. The molecule has 3 aromatic carbocycles. The maximum atomic E-state index is 12.9. The summed E-state index contributed by atoms with van der Waals surface area (Å²) in [6.45, 7) is 0. The van der Waals surface area contributed by atoms with Gasteiger partial charge in [0.2, 0.25) is 5.91 Å². The Hall–Kier alpha value is -2.92. The van der Waals surface area contributed by atoms with Crippen LogP contribution in [0, 0.1) is 5.92 Å². The Kier molecular flexibility index (Phi) is 5.14. The molecule has 0 radical (unpaired) electrons. The molecule has 1 aliphatic carbocycles. The number of aliphatic carboxylic acids is 1. The van der Waals surface area contributed by atoms with Crippen LogP contribution in [-0.4, -0.2) is 23.0 Å². The molecule has 5 rings (SSSR count). The van der Waals surface area contributed by atoms with Crippen molar-refractivity contribution >= 4 is 27.8 Å². The highest BCUT2D eigenvalue weighted by Gasteiger charge is 2.47. The molecule has 1 heterocycles. The normalized spacial score (nSPS) is 21.5. The van der Waals surface area contributed by atoms with E-state index in [1.165, 1.54) is 11.1 Å². The quantitative estimate of drug-likeness (QED) is 0.559. The molecule has 2 aliphatic rings. The Morgan fingerprint density at radius 3 is 2.74 bits per heavy atom. The molecule has 4 nitrogen and oxygen atoms in total. The maximum Gasteiger partial charge on any atom is 0.307 e. The molecule has 3 atom stereocenters. The smallest absolute Gasteiger partial charge is 0.307 e. The van der Waals surface area contributed by atoms with Gasteiger partial charge in [0.25, 0.3) is 0 Å². The Balaban J connectivity index is 1.51. The number of hydrogen-bond donors (Lipinski definition) is 2. The third-order valence-electron chi connectivity index (χ3n) is 6.49. The first-order valence-corrected chi connectivity index (χ1v) is 11.3. The monoisotopic (exact) mass is 475 g/mol. The Bertz CT molecular complexity index is 1190. The first-order chi connectivity index (χ1) is 15.0. The van der Waals surface area contributed by atoms with E-state index in [9.17, 15) is 9.59 Å². The van der Waals surface area contributed by atoms with Crippen LogP contribution in [0.2, 0.25) is 0 Å². The van der Waals surface area contributed by atoms with E-state index in [2.05, 4.69) is 51.6 Å². The fraction of sp³-hybridized carbons (Fsp3) is 0.231. The summed E-state index contributed by atoms with van der Waals surface area (Å²) in [5.41, 5.74) is 6.49. The molecule has 2 N–H and O–H groups in total. The number of halogens is 1. The van der Waals surface area contributed by atoms with Crippen molar-refractivity contribution in [2.75, 3.05) is 0 Å². The zero-order chi connectivity index (χ0) is 21.5. The van der Waals surface area contributed by atoms with Crippen molar-refractivity contribution in [3.05, 3.63) is 93.5 Å². The Labute approximate surface area is 189 Å². The van der Waals surface area contributed by atoms with Crippen molar-refractivity contribution in [3.63, 3.8) is 0 Å². The minimum absolute atomic E-state index is 0.00866. The van der Waals surface area contributed by atoms with Crippen LogP contribution in [0.3, 0.4) is 0 Å².